The maximum atomic E-state index is 13.9. The van der Waals surface area contributed by atoms with Crippen LogP contribution in [0.5, 0.6) is 0 Å². The third kappa shape index (κ3) is 2.62. The first-order chi connectivity index (χ1) is 8.13. The summed E-state index contributed by atoms with van der Waals surface area (Å²) < 4.78 is 13.9. The second kappa shape index (κ2) is 5.34. The summed E-state index contributed by atoms with van der Waals surface area (Å²) >= 11 is 5.77. The topological polar surface area (TPSA) is 29.3 Å². The molecule has 0 aliphatic carbocycles. The Morgan fingerprint density at radius 1 is 1.59 bits per heavy atom. The number of nitrogens with zero attached hydrogens (tertiary/aromatic N) is 1. The monoisotopic (exact) mass is 256 g/mol. The van der Waals surface area contributed by atoms with Crippen LogP contribution in [0.25, 0.3) is 0 Å². The van der Waals surface area contributed by atoms with Crippen LogP contribution in [0, 0.1) is 5.82 Å². The molecule has 2 unspecified atom stereocenters. The Morgan fingerprint density at radius 3 is 2.88 bits per heavy atom. The molecule has 0 bridgehead atoms. The van der Waals surface area contributed by atoms with E-state index in [1.54, 1.807) is 12.1 Å². The Bertz CT molecular complexity index is 397. The van der Waals surface area contributed by atoms with Gasteiger partial charge in [-0.1, -0.05) is 17.7 Å². The smallest absolute Gasteiger partial charge is 0.129 e. The van der Waals surface area contributed by atoms with Crippen molar-refractivity contribution in [2.45, 2.75) is 31.8 Å². The molecule has 1 aromatic carbocycles. The zero-order valence-electron chi connectivity index (χ0n) is 10.00. The Kier molecular flexibility index (Phi) is 4.02. The van der Waals surface area contributed by atoms with Crippen molar-refractivity contribution < 1.29 is 4.39 Å². The summed E-state index contributed by atoms with van der Waals surface area (Å²) in [7, 11) is 0. The van der Waals surface area contributed by atoms with Gasteiger partial charge in [0.2, 0.25) is 0 Å². The van der Waals surface area contributed by atoms with E-state index in [1.807, 2.05) is 0 Å². The summed E-state index contributed by atoms with van der Waals surface area (Å²) in [5.41, 5.74) is 6.47. The van der Waals surface area contributed by atoms with E-state index in [0.717, 1.165) is 19.4 Å². The molecule has 0 saturated carbocycles. The molecule has 0 spiro atoms. The molecule has 1 heterocycles. The SMILES string of the molecule is CC1CCCN1C(CN)c1ccc(Cl)cc1F. The van der Waals surface area contributed by atoms with Crippen LogP contribution in [0.4, 0.5) is 4.39 Å². The van der Waals surface area contributed by atoms with E-state index in [9.17, 15) is 4.39 Å². The molecule has 2 nitrogen and oxygen atoms in total. The standard InChI is InChI=1S/C13H18ClFN2/c1-9-3-2-6-17(9)13(8-16)11-5-4-10(14)7-12(11)15/h4-5,7,9,13H,2-3,6,8,16H2,1H3. The summed E-state index contributed by atoms with van der Waals surface area (Å²) in [5, 5.41) is 0.427. The molecular formula is C13H18ClFN2. The molecule has 1 fully saturated rings. The first-order valence-electron chi connectivity index (χ1n) is 6.04. The lowest BCUT2D eigenvalue weighted by molar-refractivity contribution is 0.192. The summed E-state index contributed by atoms with van der Waals surface area (Å²) in [5.74, 6) is -0.257. The van der Waals surface area contributed by atoms with Crippen LogP contribution in [0.3, 0.4) is 0 Å². The highest BCUT2D eigenvalue weighted by molar-refractivity contribution is 6.30. The molecule has 2 N–H and O–H groups in total. The lowest BCUT2D eigenvalue weighted by Crippen LogP contribution is -2.36. The Hall–Kier alpha value is -0.640. The normalized spacial score (nSPS) is 22.9. The molecule has 1 aromatic rings. The third-order valence-corrected chi connectivity index (χ3v) is 3.78. The molecule has 17 heavy (non-hydrogen) atoms. The molecule has 1 saturated heterocycles. The number of hydrogen-bond acceptors (Lipinski definition) is 2. The number of likely N-dealkylation sites (tertiary alicyclic amines) is 1. The first kappa shape index (κ1) is 12.8. The van der Waals surface area contributed by atoms with Gasteiger partial charge >= 0.3 is 0 Å². The van der Waals surface area contributed by atoms with Gasteiger partial charge in [0.1, 0.15) is 5.82 Å². The zero-order chi connectivity index (χ0) is 12.4. The molecule has 1 aliphatic rings. The number of hydrogen-bond donors (Lipinski definition) is 1. The second-order valence-corrected chi connectivity index (χ2v) is 5.08. The van der Waals surface area contributed by atoms with Gasteiger partial charge < -0.3 is 5.73 Å². The van der Waals surface area contributed by atoms with Gasteiger partial charge in [0.15, 0.2) is 0 Å². The van der Waals surface area contributed by atoms with Crippen molar-refractivity contribution in [3.05, 3.63) is 34.6 Å². The van der Waals surface area contributed by atoms with Gasteiger partial charge in [0.05, 0.1) is 6.04 Å². The highest BCUT2D eigenvalue weighted by Crippen LogP contribution is 2.30. The van der Waals surface area contributed by atoms with Crippen molar-refractivity contribution in [2.75, 3.05) is 13.1 Å². The minimum atomic E-state index is -0.257. The van der Waals surface area contributed by atoms with Crippen LogP contribution in [0.15, 0.2) is 18.2 Å². The van der Waals surface area contributed by atoms with Crippen molar-refractivity contribution >= 4 is 11.6 Å². The minimum absolute atomic E-state index is 0.0373. The molecule has 0 aromatic heterocycles. The summed E-state index contributed by atoms with van der Waals surface area (Å²) in [6, 6.07) is 5.27. The van der Waals surface area contributed by atoms with Crippen molar-refractivity contribution in [3.63, 3.8) is 0 Å². The molecule has 94 valence electrons. The quantitative estimate of drug-likeness (QED) is 0.901. The third-order valence-electron chi connectivity index (χ3n) is 3.55. The van der Waals surface area contributed by atoms with Gasteiger partial charge in [-0.2, -0.15) is 0 Å². The maximum absolute atomic E-state index is 13.9. The van der Waals surface area contributed by atoms with Crippen LogP contribution < -0.4 is 5.73 Å². The van der Waals surface area contributed by atoms with Gasteiger partial charge in [-0.3, -0.25) is 4.90 Å². The average Bonchev–Trinajstić information content (AvgIpc) is 2.69. The molecule has 1 aliphatic heterocycles. The van der Waals surface area contributed by atoms with E-state index >= 15 is 0 Å². The van der Waals surface area contributed by atoms with Gasteiger partial charge in [0.25, 0.3) is 0 Å². The van der Waals surface area contributed by atoms with Crippen LogP contribution >= 0.6 is 11.6 Å². The van der Waals surface area contributed by atoms with Gasteiger partial charge in [-0.15, -0.1) is 0 Å². The number of benzene rings is 1. The maximum Gasteiger partial charge on any atom is 0.129 e. The molecule has 2 atom stereocenters. The van der Waals surface area contributed by atoms with Crippen LogP contribution in [-0.4, -0.2) is 24.0 Å². The van der Waals surface area contributed by atoms with E-state index in [1.165, 1.54) is 6.07 Å². The summed E-state index contributed by atoms with van der Waals surface area (Å²) in [4.78, 5) is 2.28. The molecule has 4 heteroatoms. The van der Waals surface area contributed by atoms with Gasteiger partial charge in [-0.05, 0) is 38.4 Å². The fraction of sp³-hybridized carbons (Fsp3) is 0.538. The van der Waals surface area contributed by atoms with Crippen molar-refractivity contribution in [1.29, 1.82) is 0 Å². The number of halogens is 2. The van der Waals surface area contributed by atoms with Gasteiger partial charge in [-0.25, -0.2) is 4.39 Å². The van der Waals surface area contributed by atoms with Crippen molar-refractivity contribution in [2.24, 2.45) is 5.73 Å². The zero-order valence-corrected chi connectivity index (χ0v) is 10.8. The van der Waals surface area contributed by atoms with Crippen LogP contribution in [0.2, 0.25) is 5.02 Å². The highest BCUT2D eigenvalue weighted by Gasteiger charge is 2.29. The molecular weight excluding hydrogens is 239 g/mol. The summed E-state index contributed by atoms with van der Waals surface area (Å²) in [6.45, 7) is 3.59. The Morgan fingerprint density at radius 2 is 2.35 bits per heavy atom. The van der Waals surface area contributed by atoms with E-state index < -0.39 is 0 Å². The molecule has 0 radical (unpaired) electrons. The Balaban J connectivity index is 2.28. The number of rotatable bonds is 3. The van der Waals surface area contributed by atoms with Crippen LogP contribution in [-0.2, 0) is 0 Å². The van der Waals surface area contributed by atoms with Crippen molar-refractivity contribution in [1.82, 2.24) is 4.90 Å². The first-order valence-corrected chi connectivity index (χ1v) is 6.42. The molecule has 2 rings (SSSR count). The minimum Gasteiger partial charge on any atom is -0.329 e. The lowest BCUT2D eigenvalue weighted by Gasteiger charge is -2.31. The van der Waals surface area contributed by atoms with E-state index in [-0.39, 0.29) is 11.9 Å². The van der Waals surface area contributed by atoms with E-state index in [0.29, 0.717) is 23.2 Å². The predicted molar refractivity (Wildman–Crippen MR) is 68.6 cm³/mol. The van der Waals surface area contributed by atoms with Crippen LogP contribution in [0.1, 0.15) is 31.4 Å². The van der Waals surface area contributed by atoms with E-state index in [4.69, 9.17) is 17.3 Å². The largest absolute Gasteiger partial charge is 0.329 e. The second-order valence-electron chi connectivity index (χ2n) is 4.65. The summed E-state index contributed by atoms with van der Waals surface area (Å²) in [6.07, 6.45) is 2.32. The fourth-order valence-electron chi connectivity index (χ4n) is 2.63. The number of nitrogens with two attached hydrogens (primary N) is 1. The van der Waals surface area contributed by atoms with E-state index in [2.05, 4.69) is 11.8 Å². The van der Waals surface area contributed by atoms with Crippen molar-refractivity contribution in [3.8, 4) is 0 Å². The predicted octanol–water partition coefficient (Wildman–Crippen LogP) is 2.96. The molecule has 0 amide bonds. The fourth-order valence-corrected chi connectivity index (χ4v) is 2.79. The average molecular weight is 257 g/mol. The highest BCUT2D eigenvalue weighted by atomic mass is 35.5. The Labute approximate surface area is 107 Å². The van der Waals surface area contributed by atoms with Gasteiger partial charge in [0, 0.05) is 23.2 Å². The lowest BCUT2D eigenvalue weighted by atomic mass is 10.0.